The number of hydrogen-bond acceptors (Lipinski definition) is 5. The van der Waals surface area contributed by atoms with Gasteiger partial charge >= 0.3 is 0 Å². The number of thiazole rings is 1. The summed E-state index contributed by atoms with van der Waals surface area (Å²) in [4.78, 5) is 6.88. The van der Waals surface area contributed by atoms with E-state index in [-0.39, 0.29) is 0 Å². The van der Waals surface area contributed by atoms with Crippen LogP contribution in [0.25, 0.3) is 0 Å². The second kappa shape index (κ2) is 6.35. The number of nitrogens with zero attached hydrogens (tertiary/aromatic N) is 2. The highest BCUT2D eigenvalue weighted by Crippen LogP contribution is 2.30. The molecule has 2 aromatic rings. The molecule has 0 spiro atoms. The molecule has 1 aliphatic heterocycles. The molecule has 0 radical (unpaired) electrons. The molecule has 1 aromatic carbocycles. The average molecular weight is 289 g/mol. The van der Waals surface area contributed by atoms with Crippen molar-refractivity contribution in [2.45, 2.75) is 12.6 Å². The van der Waals surface area contributed by atoms with E-state index in [4.69, 9.17) is 4.74 Å². The Morgan fingerprint density at radius 1 is 1.45 bits per heavy atom. The van der Waals surface area contributed by atoms with Gasteiger partial charge in [-0.3, -0.25) is 4.90 Å². The topological polar surface area (TPSA) is 37.4 Å². The third kappa shape index (κ3) is 2.85. The highest BCUT2D eigenvalue weighted by Gasteiger charge is 2.26. The van der Waals surface area contributed by atoms with Crippen LogP contribution < -0.4 is 10.1 Å². The van der Waals surface area contributed by atoms with E-state index in [1.807, 2.05) is 17.6 Å². The van der Waals surface area contributed by atoms with E-state index in [1.165, 1.54) is 5.56 Å². The Morgan fingerprint density at radius 3 is 3.15 bits per heavy atom. The molecule has 1 atom stereocenters. The average Bonchev–Trinajstić information content (AvgIpc) is 3.01. The predicted octanol–water partition coefficient (Wildman–Crippen LogP) is 2.30. The first-order valence-corrected chi connectivity index (χ1v) is 7.77. The van der Waals surface area contributed by atoms with Crippen molar-refractivity contribution < 1.29 is 4.74 Å². The molecule has 1 saturated heterocycles. The van der Waals surface area contributed by atoms with Crippen LogP contribution in [-0.2, 0) is 6.54 Å². The van der Waals surface area contributed by atoms with Gasteiger partial charge in [-0.25, -0.2) is 4.98 Å². The third-order valence-electron chi connectivity index (χ3n) is 3.70. The quantitative estimate of drug-likeness (QED) is 0.937. The lowest BCUT2D eigenvalue weighted by Gasteiger charge is -2.36. The molecule has 1 aliphatic rings. The monoisotopic (exact) mass is 289 g/mol. The molecule has 20 heavy (non-hydrogen) atoms. The van der Waals surface area contributed by atoms with Crippen molar-refractivity contribution in [1.29, 1.82) is 0 Å². The Balaban J connectivity index is 1.84. The SMILES string of the molecule is COc1ccccc1[C@H]1CNCCN1Cc1cscn1. The standard InChI is InChI=1S/C15H19N3OS/c1-19-15-5-3-2-4-13(15)14-8-16-6-7-18(14)9-12-10-20-11-17-12/h2-5,10-11,14,16H,6-9H2,1H3/t14-/m1/s1. The Bertz CT molecular complexity index is 544. The van der Waals surface area contributed by atoms with Gasteiger partial charge in [0.1, 0.15) is 5.75 Å². The van der Waals surface area contributed by atoms with Gasteiger partial charge in [-0.1, -0.05) is 18.2 Å². The minimum atomic E-state index is 0.335. The molecular weight excluding hydrogens is 270 g/mol. The fraction of sp³-hybridized carbons (Fsp3) is 0.400. The molecule has 0 aliphatic carbocycles. The van der Waals surface area contributed by atoms with Gasteiger partial charge in [-0.05, 0) is 6.07 Å². The summed E-state index contributed by atoms with van der Waals surface area (Å²) in [6, 6.07) is 8.62. The molecule has 0 amide bonds. The van der Waals surface area contributed by atoms with Gasteiger partial charge in [0, 0.05) is 37.1 Å². The van der Waals surface area contributed by atoms with Crippen LogP contribution in [0.3, 0.4) is 0 Å². The van der Waals surface area contributed by atoms with Crippen molar-refractivity contribution in [2.24, 2.45) is 0 Å². The summed E-state index contributed by atoms with van der Waals surface area (Å²) in [6.45, 7) is 3.90. The number of aromatic nitrogens is 1. The number of piperazine rings is 1. The minimum Gasteiger partial charge on any atom is -0.496 e. The molecule has 3 rings (SSSR count). The van der Waals surface area contributed by atoms with E-state index in [2.05, 4.69) is 32.7 Å². The smallest absolute Gasteiger partial charge is 0.123 e. The van der Waals surface area contributed by atoms with Gasteiger partial charge in [0.05, 0.1) is 24.4 Å². The van der Waals surface area contributed by atoms with Crippen molar-refractivity contribution in [3.63, 3.8) is 0 Å². The maximum atomic E-state index is 5.51. The van der Waals surface area contributed by atoms with E-state index >= 15 is 0 Å². The number of nitrogens with one attached hydrogen (secondary N) is 1. The number of ether oxygens (including phenoxy) is 1. The van der Waals surface area contributed by atoms with Gasteiger partial charge in [0.2, 0.25) is 0 Å². The maximum absolute atomic E-state index is 5.51. The molecule has 0 saturated carbocycles. The van der Waals surface area contributed by atoms with Crippen LogP contribution in [0.2, 0.25) is 0 Å². The van der Waals surface area contributed by atoms with Crippen molar-refractivity contribution in [1.82, 2.24) is 15.2 Å². The van der Waals surface area contributed by atoms with E-state index < -0.39 is 0 Å². The fourth-order valence-electron chi connectivity index (χ4n) is 2.71. The first kappa shape index (κ1) is 13.5. The lowest BCUT2D eigenvalue weighted by molar-refractivity contribution is 0.149. The predicted molar refractivity (Wildman–Crippen MR) is 81.1 cm³/mol. The molecule has 5 heteroatoms. The summed E-state index contributed by atoms with van der Waals surface area (Å²) < 4.78 is 5.51. The highest BCUT2D eigenvalue weighted by atomic mass is 32.1. The zero-order chi connectivity index (χ0) is 13.8. The number of rotatable bonds is 4. The zero-order valence-electron chi connectivity index (χ0n) is 11.6. The number of hydrogen-bond donors (Lipinski definition) is 1. The summed E-state index contributed by atoms with van der Waals surface area (Å²) in [6.07, 6.45) is 0. The molecule has 106 valence electrons. The molecule has 1 fully saturated rings. The Morgan fingerprint density at radius 2 is 2.35 bits per heavy atom. The summed E-state index contributed by atoms with van der Waals surface area (Å²) in [5.41, 5.74) is 4.30. The van der Waals surface area contributed by atoms with Crippen LogP contribution >= 0.6 is 11.3 Å². The van der Waals surface area contributed by atoms with E-state index in [0.717, 1.165) is 37.6 Å². The second-order valence-corrected chi connectivity index (χ2v) is 5.63. The summed E-state index contributed by atoms with van der Waals surface area (Å²) >= 11 is 1.65. The Labute approximate surface area is 123 Å². The van der Waals surface area contributed by atoms with E-state index in [1.54, 1.807) is 18.4 Å². The first-order chi connectivity index (χ1) is 9.88. The highest BCUT2D eigenvalue weighted by molar-refractivity contribution is 7.07. The molecule has 0 unspecified atom stereocenters. The largest absolute Gasteiger partial charge is 0.496 e. The fourth-order valence-corrected chi connectivity index (χ4v) is 3.26. The van der Waals surface area contributed by atoms with Crippen molar-refractivity contribution in [2.75, 3.05) is 26.7 Å². The zero-order valence-corrected chi connectivity index (χ0v) is 12.4. The van der Waals surface area contributed by atoms with Gasteiger partial charge in [-0.15, -0.1) is 11.3 Å². The van der Waals surface area contributed by atoms with Crippen LogP contribution in [0.15, 0.2) is 35.2 Å². The summed E-state index contributed by atoms with van der Waals surface area (Å²) in [5.74, 6) is 0.962. The Hall–Kier alpha value is -1.43. The molecular formula is C15H19N3OS. The van der Waals surface area contributed by atoms with Crippen molar-refractivity contribution >= 4 is 11.3 Å². The minimum absolute atomic E-state index is 0.335. The number of methoxy groups -OCH3 is 1. The van der Waals surface area contributed by atoms with Crippen molar-refractivity contribution in [3.05, 3.63) is 46.4 Å². The summed E-state index contributed by atoms with van der Waals surface area (Å²) in [7, 11) is 1.74. The van der Waals surface area contributed by atoms with E-state index in [9.17, 15) is 0 Å². The summed E-state index contributed by atoms with van der Waals surface area (Å²) in [5, 5.41) is 5.61. The lowest BCUT2D eigenvalue weighted by atomic mass is 10.0. The van der Waals surface area contributed by atoms with Gasteiger partial charge in [-0.2, -0.15) is 0 Å². The third-order valence-corrected chi connectivity index (χ3v) is 4.34. The molecule has 1 aromatic heterocycles. The van der Waals surface area contributed by atoms with Crippen LogP contribution in [0.5, 0.6) is 5.75 Å². The van der Waals surface area contributed by atoms with Crippen LogP contribution in [-0.4, -0.2) is 36.6 Å². The second-order valence-electron chi connectivity index (χ2n) is 4.91. The lowest BCUT2D eigenvalue weighted by Crippen LogP contribution is -2.45. The van der Waals surface area contributed by atoms with Crippen LogP contribution in [0.1, 0.15) is 17.3 Å². The van der Waals surface area contributed by atoms with Crippen molar-refractivity contribution in [3.8, 4) is 5.75 Å². The van der Waals surface area contributed by atoms with E-state index in [0.29, 0.717) is 6.04 Å². The van der Waals surface area contributed by atoms with Crippen LogP contribution in [0.4, 0.5) is 0 Å². The van der Waals surface area contributed by atoms with Gasteiger partial charge in [0.25, 0.3) is 0 Å². The molecule has 4 nitrogen and oxygen atoms in total. The number of benzene rings is 1. The number of para-hydroxylation sites is 1. The molecule has 2 heterocycles. The van der Waals surface area contributed by atoms with Crippen LogP contribution in [0, 0.1) is 0 Å². The first-order valence-electron chi connectivity index (χ1n) is 6.83. The molecule has 0 bridgehead atoms. The van der Waals surface area contributed by atoms with Gasteiger partial charge in [0.15, 0.2) is 0 Å². The normalized spacial score (nSPS) is 19.9. The maximum Gasteiger partial charge on any atom is 0.123 e. The molecule has 1 N–H and O–H groups in total. The van der Waals surface area contributed by atoms with Gasteiger partial charge < -0.3 is 10.1 Å². The Kier molecular flexibility index (Phi) is 4.30.